The molecule has 0 bridgehead atoms. The van der Waals surface area contributed by atoms with Gasteiger partial charge in [0.1, 0.15) is 5.82 Å². The molecule has 122 valence electrons. The Labute approximate surface area is 137 Å². The molecule has 1 fully saturated rings. The van der Waals surface area contributed by atoms with E-state index in [4.69, 9.17) is 4.74 Å². The number of nitrogens with zero attached hydrogens (tertiary/aromatic N) is 2. The standard InChI is InChI=1S/C19H23FN2O/c1-15-17(3-2-10-21-15)13-22-11-8-19(9-12-22)23-14-16-4-6-18(20)7-5-16/h2-7,10,19H,8-9,11-14H2,1H3. The van der Waals surface area contributed by atoms with Crippen LogP contribution in [0.15, 0.2) is 42.6 Å². The van der Waals surface area contributed by atoms with E-state index in [1.807, 2.05) is 12.3 Å². The number of aromatic nitrogens is 1. The number of pyridine rings is 1. The molecule has 1 aromatic heterocycles. The number of hydrogen-bond donors (Lipinski definition) is 0. The van der Waals surface area contributed by atoms with Crippen molar-refractivity contribution >= 4 is 0 Å². The zero-order chi connectivity index (χ0) is 16.1. The molecule has 0 aliphatic carbocycles. The van der Waals surface area contributed by atoms with Crippen LogP contribution in [-0.4, -0.2) is 29.1 Å². The zero-order valence-corrected chi connectivity index (χ0v) is 13.5. The smallest absolute Gasteiger partial charge is 0.123 e. The van der Waals surface area contributed by atoms with Gasteiger partial charge in [-0.1, -0.05) is 18.2 Å². The van der Waals surface area contributed by atoms with Crippen LogP contribution in [0.25, 0.3) is 0 Å². The van der Waals surface area contributed by atoms with Gasteiger partial charge >= 0.3 is 0 Å². The van der Waals surface area contributed by atoms with Crippen molar-refractivity contribution in [3.63, 3.8) is 0 Å². The van der Waals surface area contributed by atoms with Crippen molar-refractivity contribution in [2.45, 2.75) is 39.0 Å². The lowest BCUT2D eigenvalue weighted by molar-refractivity contribution is -0.00400. The van der Waals surface area contributed by atoms with E-state index in [2.05, 4.69) is 22.9 Å². The Balaban J connectivity index is 1.43. The molecule has 2 aromatic rings. The van der Waals surface area contributed by atoms with E-state index in [0.717, 1.165) is 43.7 Å². The zero-order valence-electron chi connectivity index (χ0n) is 13.5. The van der Waals surface area contributed by atoms with Crippen LogP contribution in [0, 0.1) is 12.7 Å². The summed E-state index contributed by atoms with van der Waals surface area (Å²) in [5.74, 6) is -0.201. The third-order valence-electron chi connectivity index (χ3n) is 4.44. The summed E-state index contributed by atoms with van der Waals surface area (Å²) in [6.45, 7) is 5.68. The van der Waals surface area contributed by atoms with Gasteiger partial charge < -0.3 is 4.74 Å². The van der Waals surface area contributed by atoms with Crippen LogP contribution >= 0.6 is 0 Å². The lowest BCUT2D eigenvalue weighted by Crippen LogP contribution is -2.36. The number of aryl methyl sites for hydroxylation is 1. The Bertz CT molecular complexity index is 622. The van der Waals surface area contributed by atoms with Gasteiger partial charge in [-0.3, -0.25) is 9.88 Å². The van der Waals surface area contributed by atoms with Crippen LogP contribution in [0.5, 0.6) is 0 Å². The average molecular weight is 314 g/mol. The van der Waals surface area contributed by atoms with Gasteiger partial charge in [0.05, 0.1) is 12.7 Å². The normalized spacial score (nSPS) is 16.6. The number of piperidine rings is 1. The Hall–Kier alpha value is -1.78. The Kier molecular flexibility index (Phi) is 5.36. The number of likely N-dealkylation sites (tertiary alicyclic amines) is 1. The molecule has 1 aliphatic heterocycles. The maximum absolute atomic E-state index is 12.9. The first kappa shape index (κ1) is 16.1. The van der Waals surface area contributed by atoms with Gasteiger partial charge in [0.2, 0.25) is 0 Å². The van der Waals surface area contributed by atoms with E-state index in [-0.39, 0.29) is 5.82 Å². The lowest BCUT2D eigenvalue weighted by Gasteiger charge is -2.32. The second-order valence-corrected chi connectivity index (χ2v) is 6.16. The predicted octanol–water partition coefficient (Wildman–Crippen LogP) is 3.71. The van der Waals surface area contributed by atoms with Gasteiger partial charge in [-0.2, -0.15) is 0 Å². The fourth-order valence-electron chi connectivity index (χ4n) is 2.95. The highest BCUT2D eigenvalue weighted by Gasteiger charge is 2.20. The van der Waals surface area contributed by atoms with Gasteiger partial charge in [0, 0.05) is 31.5 Å². The summed E-state index contributed by atoms with van der Waals surface area (Å²) in [6.07, 6.45) is 4.22. The highest BCUT2D eigenvalue weighted by atomic mass is 19.1. The molecule has 3 nitrogen and oxygen atoms in total. The molecule has 0 radical (unpaired) electrons. The molecule has 0 atom stereocenters. The van der Waals surface area contributed by atoms with E-state index in [0.29, 0.717) is 12.7 Å². The van der Waals surface area contributed by atoms with Gasteiger partial charge in [0.15, 0.2) is 0 Å². The fraction of sp³-hybridized carbons (Fsp3) is 0.421. The molecular weight excluding hydrogens is 291 g/mol. The number of hydrogen-bond acceptors (Lipinski definition) is 3. The van der Waals surface area contributed by atoms with Crippen molar-refractivity contribution < 1.29 is 9.13 Å². The maximum Gasteiger partial charge on any atom is 0.123 e. The first-order valence-corrected chi connectivity index (χ1v) is 8.19. The first-order chi connectivity index (χ1) is 11.2. The van der Waals surface area contributed by atoms with Crippen molar-refractivity contribution in [3.8, 4) is 0 Å². The summed E-state index contributed by atoms with van der Waals surface area (Å²) in [7, 11) is 0. The van der Waals surface area contributed by atoms with E-state index in [1.165, 1.54) is 17.7 Å². The summed E-state index contributed by atoms with van der Waals surface area (Å²) < 4.78 is 18.9. The number of halogens is 1. The topological polar surface area (TPSA) is 25.4 Å². The molecule has 0 spiro atoms. The molecule has 0 saturated carbocycles. The minimum atomic E-state index is -0.201. The second kappa shape index (κ2) is 7.66. The van der Waals surface area contributed by atoms with Crippen molar-refractivity contribution in [1.29, 1.82) is 0 Å². The van der Waals surface area contributed by atoms with Gasteiger partial charge in [-0.05, 0) is 49.1 Å². The third-order valence-corrected chi connectivity index (χ3v) is 4.44. The highest BCUT2D eigenvalue weighted by Crippen LogP contribution is 2.18. The molecule has 1 aliphatic rings. The first-order valence-electron chi connectivity index (χ1n) is 8.19. The van der Waals surface area contributed by atoms with Crippen LogP contribution < -0.4 is 0 Å². The van der Waals surface area contributed by atoms with Gasteiger partial charge in [0.25, 0.3) is 0 Å². The SMILES string of the molecule is Cc1ncccc1CN1CCC(OCc2ccc(F)cc2)CC1. The molecule has 2 heterocycles. The molecule has 3 rings (SSSR count). The molecule has 1 aromatic carbocycles. The van der Waals surface area contributed by atoms with Crippen molar-refractivity contribution in [2.24, 2.45) is 0 Å². The Morgan fingerprint density at radius 3 is 2.61 bits per heavy atom. The van der Waals surface area contributed by atoms with E-state index in [1.54, 1.807) is 12.1 Å². The van der Waals surface area contributed by atoms with E-state index < -0.39 is 0 Å². The molecule has 23 heavy (non-hydrogen) atoms. The van der Waals surface area contributed by atoms with Crippen molar-refractivity contribution in [2.75, 3.05) is 13.1 Å². The number of rotatable bonds is 5. The van der Waals surface area contributed by atoms with Crippen LogP contribution in [0.1, 0.15) is 29.7 Å². The maximum atomic E-state index is 12.9. The Morgan fingerprint density at radius 2 is 1.91 bits per heavy atom. The summed E-state index contributed by atoms with van der Waals surface area (Å²) in [6, 6.07) is 10.7. The molecular formula is C19H23FN2O. The van der Waals surface area contributed by atoms with E-state index >= 15 is 0 Å². The predicted molar refractivity (Wildman–Crippen MR) is 88.5 cm³/mol. The second-order valence-electron chi connectivity index (χ2n) is 6.16. The monoisotopic (exact) mass is 314 g/mol. The highest BCUT2D eigenvalue weighted by molar-refractivity contribution is 5.18. The Morgan fingerprint density at radius 1 is 1.17 bits per heavy atom. The van der Waals surface area contributed by atoms with Crippen molar-refractivity contribution in [1.82, 2.24) is 9.88 Å². The number of ether oxygens (including phenoxy) is 1. The summed E-state index contributed by atoms with van der Waals surface area (Å²) in [4.78, 5) is 6.81. The van der Waals surface area contributed by atoms with Crippen LogP contribution in [0.4, 0.5) is 4.39 Å². The molecule has 1 saturated heterocycles. The summed E-state index contributed by atoms with van der Waals surface area (Å²) >= 11 is 0. The largest absolute Gasteiger partial charge is 0.373 e. The summed E-state index contributed by atoms with van der Waals surface area (Å²) in [5, 5.41) is 0. The van der Waals surface area contributed by atoms with Crippen LogP contribution in [0.3, 0.4) is 0 Å². The average Bonchev–Trinajstić information content (AvgIpc) is 2.58. The lowest BCUT2D eigenvalue weighted by atomic mass is 10.1. The molecule has 4 heteroatoms. The number of benzene rings is 1. The summed E-state index contributed by atoms with van der Waals surface area (Å²) in [5.41, 5.74) is 3.44. The minimum absolute atomic E-state index is 0.201. The van der Waals surface area contributed by atoms with Crippen LogP contribution in [0.2, 0.25) is 0 Å². The minimum Gasteiger partial charge on any atom is -0.373 e. The van der Waals surface area contributed by atoms with Gasteiger partial charge in [-0.15, -0.1) is 0 Å². The molecule has 0 N–H and O–H groups in total. The molecule has 0 unspecified atom stereocenters. The van der Waals surface area contributed by atoms with Crippen molar-refractivity contribution in [3.05, 3.63) is 65.2 Å². The van der Waals surface area contributed by atoms with Crippen LogP contribution in [-0.2, 0) is 17.9 Å². The van der Waals surface area contributed by atoms with Gasteiger partial charge in [-0.25, -0.2) is 4.39 Å². The third kappa shape index (κ3) is 4.60. The molecule has 0 amide bonds. The fourth-order valence-corrected chi connectivity index (χ4v) is 2.95. The van der Waals surface area contributed by atoms with E-state index in [9.17, 15) is 4.39 Å². The quantitative estimate of drug-likeness (QED) is 0.841.